The lowest BCUT2D eigenvalue weighted by Crippen LogP contribution is -2.08. The summed E-state index contributed by atoms with van der Waals surface area (Å²) in [6.07, 6.45) is 2.45. The summed E-state index contributed by atoms with van der Waals surface area (Å²) in [6.45, 7) is 3.98. The maximum atomic E-state index is 11.1. The number of carboxylic acids is 1. The molecule has 16 heavy (non-hydrogen) atoms. The van der Waals surface area contributed by atoms with Crippen molar-refractivity contribution in [2.75, 3.05) is 0 Å². The summed E-state index contributed by atoms with van der Waals surface area (Å²) in [5.41, 5.74) is 1.16. The predicted octanol–water partition coefficient (Wildman–Crippen LogP) is 3.05. The Balaban J connectivity index is 2.41. The number of carboxylic acid groups (broad SMARTS) is 1. The second kappa shape index (κ2) is 4.16. The number of benzene rings is 1. The zero-order valence-corrected chi connectivity index (χ0v) is 9.56. The second-order valence-electron chi connectivity index (χ2n) is 4.49. The molecule has 3 nitrogen and oxygen atoms in total. The Morgan fingerprint density at radius 2 is 2.12 bits per heavy atom. The van der Waals surface area contributed by atoms with Crippen molar-refractivity contribution >= 4 is 5.97 Å². The van der Waals surface area contributed by atoms with Gasteiger partial charge in [0.2, 0.25) is 0 Å². The van der Waals surface area contributed by atoms with Gasteiger partial charge in [0.1, 0.15) is 5.75 Å². The number of ether oxygens (including phenoxy) is 1. The van der Waals surface area contributed by atoms with Crippen LogP contribution in [-0.2, 0) is 0 Å². The fourth-order valence-electron chi connectivity index (χ4n) is 1.79. The van der Waals surface area contributed by atoms with E-state index in [1.54, 1.807) is 12.1 Å². The van der Waals surface area contributed by atoms with E-state index in [-0.39, 0.29) is 5.92 Å². The average molecular weight is 220 g/mol. The molecule has 2 rings (SSSR count). The summed E-state index contributed by atoms with van der Waals surface area (Å²) >= 11 is 0. The van der Waals surface area contributed by atoms with Gasteiger partial charge in [-0.1, -0.05) is 19.9 Å². The lowest BCUT2D eigenvalue weighted by Gasteiger charge is -2.16. The third kappa shape index (κ3) is 2.18. The Bertz CT molecular complexity index is 406. The first-order chi connectivity index (χ1) is 7.59. The number of hydrogen-bond acceptors (Lipinski definition) is 2. The van der Waals surface area contributed by atoms with Crippen molar-refractivity contribution in [3.63, 3.8) is 0 Å². The first kappa shape index (κ1) is 11.0. The summed E-state index contributed by atoms with van der Waals surface area (Å²) in [5.74, 6) is 0.00315. The molecule has 3 heteroatoms. The Morgan fingerprint density at radius 3 is 2.62 bits per heavy atom. The standard InChI is InChI=1S/C13H16O3/c1-8(2)12-10(13(14)15)4-3-5-11(12)16-9-6-7-9/h3-5,8-9H,6-7H2,1-2H3,(H,14,15). The minimum absolute atomic E-state index is 0.154. The van der Waals surface area contributed by atoms with Gasteiger partial charge in [-0.15, -0.1) is 0 Å². The van der Waals surface area contributed by atoms with Crippen LogP contribution >= 0.6 is 0 Å². The molecule has 0 aromatic heterocycles. The molecule has 0 amide bonds. The van der Waals surface area contributed by atoms with E-state index in [9.17, 15) is 4.79 Å². The van der Waals surface area contributed by atoms with Gasteiger partial charge in [-0.05, 0) is 30.9 Å². The minimum atomic E-state index is -0.884. The van der Waals surface area contributed by atoms with Crippen molar-refractivity contribution in [2.24, 2.45) is 0 Å². The highest BCUT2D eigenvalue weighted by molar-refractivity contribution is 5.90. The van der Waals surface area contributed by atoms with Crippen molar-refractivity contribution in [3.05, 3.63) is 29.3 Å². The molecular formula is C13H16O3. The van der Waals surface area contributed by atoms with Crippen LogP contribution in [-0.4, -0.2) is 17.2 Å². The van der Waals surface area contributed by atoms with Gasteiger partial charge in [-0.25, -0.2) is 4.79 Å². The fourth-order valence-corrected chi connectivity index (χ4v) is 1.79. The molecule has 1 aromatic rings. The monoisotopic (exact) mass is 220 g/mol. The third-order valence-corrected chi connectivity index (χ3v) is 2.69. The van der Waals surface area contributed by atoms with Crippen molar-refractivity contribution in [3.8, 4) is 5.75 Å². The summed E-state index contributed by atoms with van der Waals surface area (Å²) in [4.78, 5) is 11.1. The molecule has 0 saturated heterocycles. The van der Waals surface area contributed by atoms with Crippen LogP contribution in [0.3, 0.4) is 0 Å². The normalized spacial score (nSPS) is 15.2. The van der Waals surface area contributed by atoms with Gasteiger partial charge >= 0.3 is 5.97 Å². The topological polar surface area (TPSA) is 46.5 Å². The summed E-state index contributed by atoms with van der Waals surface area (Å²) in [5, 5.41) is 9.13. The average Bonchev–Trinajstić information content (AvgIpc) is 3.00. The molecule has 1 N–H and O–H groups in total. The first-order valence-corrected chi connectivity index (χ1v) is 5.62. The third-order valence-electron chi connectivity index (χ3n) is 2.69. The van der Waals surface area contributed by atoms with Gasteiger partial charge in [0.15, 0.2) is 0 Å². The van der Waals surface area contributed by atoms with E-state index in [1.807, 2.05) is 19.9 Å². The van der Waals surface area contributed by atoms with Crippen LogP contribution in [0.15, 0.2) is 18.2 Å². The minimum Gasteiger partial charge on any atom is -0.490 e. The highest BCUT2D eigenvalue weighted by Gasteiger charge is 2.26. The zero-order chi connectivity index (χ0) is 11.7. The van der Waals surface area contributed by atoms with E-state index in [0.717, 1.165) is 24.2 Å². The Labute approximate surface area is 95.0 Å². The number of hydrogen-bond donors (Lipinski definition) is 1. The van der Waals surface area contributed by atoms with Crippen molar-refractivity contribution in [1.29, 1.82) is 0 Å². The predicted molar refractivity (Wildman–Crippen MR) is 61.1 cm³/mol. The quantitative estimate of drug-likeness (QED) is 0.848. The number of rotatable bonds is 4. The smallest absolute Gasteiger partial charge is 0.336 e. The second-order valence-corrected chi connectivity index (χ2v) is 4.49. The first-order valence-electron chi connectivity index (χ1n) is 5.62. The lowest BCUT2D eigenvalue weighted by molar-refractivity contribution is 0.0694. The highest BCUT2D eigenvalue weighted by atomic mass is 16.5. The van der Waals surface area contributed by atoms with Gasteiger partial charge in [0.05, 0.1) is 11.7 Å². The van der Waals surface area contributed by atoms with E-state index in [4.69, 9.17) is 9.84 Å². The van der Waals surface area contributed by atoms with Crippen LogP contribution in [0.5, 0.6) is 5.75 Å². The molecule has 0 spiro atoms. The summed E-state index contributed by atoms with van der Waals surface area (Å²) < 4.78 is 5.75. The molecule has 0 aliphatic heterocycles. The van der Waals surface area contributed by atoms with E-state index in [2.05, 4.69) is 0 Å². The Morgan fingerprint density at radius 1 is 1.44 bits per heavy atom. The zero-order valence-electron chi connectivity index (χ0n) is 9.56. The maximum Gasteiger partial charge on any atom is 0.336 e. The van der Waals surface area contributed by atoms with E-state index < -0.39 is 5.97 Å². The van der Waals surface area contributed by atoms with Crippen molar-refractivity contribution < 1.29 is 14.6 Å². The maximum absolute atomic E-state index is 11.1. The summed E-state index contributed by atoms with van der Waals surface area (Å²) in [7, 11) is 0. The van der Waals surface area contributed by atoms with Crippen LogP contribution in [0, 0.1) is 0 Å². The molecule has 0 heterocycles. The van der Waals surface area contributed by atoms with Crippen LogP contribution in [0.4, 0.5) is 0 Å². The van der Waals surface area contributed by atoms with Crippen LogP contribution in [0.25, 0.3) is 0 Å². The van der Waals surface area contributed by atoms with Crippen LogP contribution < -0.4 is 4.74 Å². The molecule has 86 valence electrons. The molecule has 0 unspecified atom stereocenters. The molecule has 1 aromatic carbocycles. The lowest BCUT2D eigenvalue weighted by atomic mass is 9.96. The van der Waals surface area contributed by atoms with Crippen molar-refractivity contribution in [2.45, 2.75) is 38.7 Å². The molecular weight excluding hydrogens is 204 g/mol. The van der Waals surface area contributed by atoms with Gasteiger partial charge < -0.3 is 9.84 Å². The van der Waals surface area contributed by atoms with Crippen LogP contribution in [0.1, 0.15) is 48.5 Å². The molecule has 0 atom stereocenters. The molecule has 1 fully saturated rings. The van der Waals surface area contributed by atoms with Gasteiger partial charge in [-0.3, -0.25) is 0 Å². The highest BCUT2D eigenvalue weighted by Crippen LogP contribution is 2.34. The largest absolute Gasteiger partial charge is 0.490 e. The summed E-state index contributed by atoms with van der Waals surface area (Å²) in [6, 6.07) is 5.24. The van der Waals surface area contributed by atoms with E-state index in [1.165, 1.54) is 0 Å². The van der Waals surface area contributed by atoms with Gasteiger partial charge in [-0.2, -0.15) is 0 Å². The fraction of sp³-hybridized carbons (Fsp3) is 0.462. The van der Waals surface area contributed by atoms with Gasteiger partial charge in [0.25, 0.3) is 0 Å². The number of carbonyl (C=O) groups is 1. The van der Waals surface area contributed by atoms with Crippen molar-refractivity contribution in [1.82, 2.24) is 0 Å². The van der Waals surface area contributed by atoms with Crippen LogP contribution in [0.2, 0.25) is 0 Å². The molecule has 0 radical (unpaired) electrons. The van der Waals surface area contributed by atoms with Gasteiger partial charge in [0, 0.05) is 5.56 Å². The SMILES string of the molecule is CC(C)c1c(OC2CC2)cccc1C(=O)O. The molecule has 1 aliphatic rings. The molecule has 1 saturated carbocycles. The Hall–Kier alpha value is -1.51. The molecule has 0 bridgehead atoms. The Kier molecular flexibility index (Phi) is 2.86. The number of aromatic carboxylic acids is 1. The van der Waals surface area contributed by atoms with E-state index in [0.29, 0.717) is 11.7 Å². The van der Waals surface area contributed by atoms with E-state index >= 15 is 0 Å². The molecule has 1 aliphatic carbocycles.